The highest BCUT2D eigenvalue weighted by atomic mass is 31.2. The molecule has 0 aromatic heterocycles. The van der Waals surface area contributed by atoms with Crippen molar-refractivity contribution in [3.05, 3.63) is 11.6 Å². The van der Waals surface area contributed by atoms with E-state index in [4.69, 9.17) is 4.52 Å². The molecule has 0 spiro atoms. The van der Waals surface area contributed by atoms with Crippen LogP contribution in [0.1, 0.15) is 112 Å². The average Bonchev–Trinajstić information content (AvgIpc) is 3.79. The minimum atomic E-state index is -2.73. The first-order valence-corrected chi connectivity index (χ1v) is 18.1. The topological polar surface area (TPSA) is 32.3 Å². The van der Waals surface area contributed by atoms with Crippen LogP contribution in [0.25, 0.3) is 0 Å². The Labute approximate surface area is 234 Å². The van der Waals surface area contributed by atoms with Gasteiger partial charge >= 0.3 is 7.67 Å². The van der Waals surface area contributed by atoms with Crippen LogP contribution >= 0.6 is 7.67 Å². The van der Waals surface area contributed by atoms with E-state index in [0.717, 1.165) is 80.4 Å². The van der Waals surface area contributed by atoms with E-state index in [1.54, 1.807) is 5.57 Å². The monoisotopic (exact) mass is 544 g/mol. The Morgan fingerprint density at radius 2 is 1.68 bits per heavy atom. The largest absolute Gasteiger partial charge is 0.346 e. The second-order valence-electron chi connectivity index (χ2n) is 15.3. The first-order valence-electron chi connectivity index (χ1n) is 16.6. The minimum absolute atomic E-state index is 0.140. The lowest BCUT2D eigenvalue weighted by atomic mass is 9.47. The molecule has 3 saturated carbocycles. The smallest absolute Gasteiger partial charge is 0.302 e. The van der Waals surface area contributed by atoms with E-state index in [1.165, 1.54) is 57.8 Å². The maximum Gasteiger partial charge on any atom is 0.346 e. The van der Waals surface area contributed by atoms with Crippen LogP contribution in [0.4, 0.5) is 0 Å². The number of allylic oxidation sites excluding steroid dienone is 1. The third kappa shape index (κ3) is 4.74. The van der Waals surface area contributed by atoms with Crippen LogP contribution in [0.15, 0.2) is 11.6 Å². The van der Waals surface area contributed by atoms with Gasteiger partial charge in [0, 0.05) is 26.2 Å². The van der Waals surface area contributed by atoms with Gasteiger partial charge < -0.3 is 4.52 Å². The van der Waals surface area contributed by atoms with Gasteiger partial charge in [-0.3, -0.25) is 4.57 Å². The zero-order chi connectivity index (χ0) is 26.9. The maximum absolute atomic E-state index is 13.7. The van der Waals surface area contributed by atoms with Gasteiger partial charge in [-0.15, -0.1) is 0 Å². The molecule has 4 nitrogen and oxygen atoms in total. The molecule has 2 aliphatic heterocycles. The molecular weight excluding hydrogens is 487 g/mol. The molecule has 2 saturated heterocycles. The van der Waals surface area contributed by atoms with Crippen LogP contribution in [0, 0.1) is 52.3 Å². The van der Waals surface area contributed by atoms with Crippen molar-refractivity contribution in [2.75, 3.05) is 26.2 Å². The summed E-state index contributed by atoms with van der Waals surface area (Å²) in [7, 11) is -2.73. The summed E-state index contributed by atoms with van der Waals surface area (Å²) in [6, 6.07) is 0. The Balaban J connectivity index is 1.13. The minimum Gasteiger partial charge on any atom is -0.302 e. The summed E-state index contributed by atoms with van der Waals surface area (Å²) in [6.07, 6.45) is 17.4. The van der Waals surface area contributed by atoms with Crippen LogP contribution in [-0.4, -0.2) is 41.6 Å². The molecule has 38 heavy (non-hydrogen) atoms. The third-order valence-corrected chi connectivity index (χ3v) is 15.9. The van der Waals surface area contributed by atoms with Crippen molar-refractivity contribution < 1.29 is 9.09 Å². The number of hydrogen-bond acceptors (Lipinski definition) is 2. The van der Waals surface area contributed by atoms with Crippen molar-refractivity contribution in [1.29, 1.82) is 0 Å². The highest BCUT2D eigenvalue weighted by Gasteiger charge is 2.60. The van der Waals surface area contributed by atoms with Gasteiger partial charge in [-0.25, -0.2) is 9.34 Å². The van der Waals surface area contributed by atoms with Gasteiger partial charge in [-0.2, -0.15) is 0 Å². The third-order valence-electron chi connectivity index (χ3n) is 13.1. The van der Waals surface area contributed by atoms with Crippen LogP contribution in [0.3, 0.4) is 0 Å². The Hall–Kier alpha value is -0.150. The second kappa shape index (κ2) is 10.3. The lowest BCUT2D eigenvalue weighted by Gasteiger charge is -2.58. The quantitative estimate of drug-likeness (QED) is 0.156. The van der Waals surface area contributed by atoms with Crippen molar-refractivity contribution in [3.8, 4) is 0 Å². The molecule has 6 aliphatic rings. The molecule has 9 unspecified atom stereocenters. The number of hydrogen-bond donors (Lipinski definition) is 0. The summed E-state index contributed by atoms with van der Waals surface area (Å²) >= 11 is 0. The van der Waals surface area contributed by atoms with Gasteiger partial charge in [-0.05, 0) is 110 Å². The summed E-state index contributed by atoms with van der Waals surface area (Å²) in [4.78, 5) is 0. The Bertz CT molecular complexity index is 941. The summed E-state index contributed by atoms with van der Waals surface area (Å²) < 4.78 is 24.3. The second-order valence-corrected chi connectivity index (χ2v) is 17.6. The first-order chi connectivity index (χ1) is 18.1. The molecule has 216 valence electrons. The van der Waals surface area contributed by atoms with E-state index in [-0.39, 0.29) is 6.10 Å². The normalized spacial score (nSPS) is 42.7. The Morgan fingerprint density at radius 1 is 0.974 bits per heavy atom. The van der Waals surface area contributed by atoms with Gasteiger partial charge in [0.2, 0.25) is 0 Å². The van der Waals surface area contributed by atoms with Crippen molar-refractivity contribution in [2.24, 2.45) is 52.3 Å². The fourth-order valence-corrected chi connectivity index (χ4v) is 12.9. The highest BCUT2D eigenvalue weighted by Crippen LogP contribution is 2.68. The average molecular weight is 545 g/mol. The summed E-state index contributed by atoms with van der Waals surface area (Å²) in [5.74, 6) is 6.13. The van der Waals surface area contributed by atoms with E-state index < -0.39 is 7.67 Å². The molecular formula is C33H57N2O2P. The SMILES string of the molecule is CCC(CCC(C)C1CCC2C3CC=C4CC(OP(=O)(N5CC5)N5CC5)CCC4(C)C3CCC12C)C(C)C. The zero-order valence-corrected chi connectivity index (χ0v) is 26.4. The van der Waals surface area contributed by atoms with E-state index >= 15 is 0 Å². The van der Waals surface area contributed by atoms with Crippen LogP contribution in [0.2, 0.25) is 0 Å². The molecule has 5 fully saturated rings. The molecule has 2 heterocycles. The standard InChI is InChI=1S/C33H57N2O2P/c1-7-25(23(2)3)9-8-24(4)29-12-13-30-28-11-10-26-22-27(37-38(36,34-18-19-34)35-20-21-35)14-16-32(26,5)31(28)15-17-33(29,30)6/h10,23-25,27-31H,7-9,11-22H2,1-6H3. The number of fused-ring (bicyclic) bond motifs is 5. The maximum atomic E-state index is 13.7. The van der Waals surface area contributed by atoms with Gasteiger partial charge in [0.15, 0.2) is 0 Å². The van der Waals surface area contributed by atoms with Crippen molar-refractivity contribution in [3.63, 3.8) is 0 Å². The summed E-state index contributed by atoms with van der Waals surface area (Å²) in [5, 5.41) is 0. The van der Waals surface area contributed by atoms with E-state index in [1.807, 2.05) is 0 Å². The van der Waals surface area contributed by atoms with Crippen LogP contribution in [0.5, 0.6) is 0 Å². The van der Waals surface area contributed by atoms with Crippen molar-refractivity contribution >= 4 is 7.67 Å². The van der Waals surface area contributed by atoms with Gasteiger partial charge in [0.1, 0.15) is 0 Å². The molecule has 6 rings (SSSR count). The van der Waals surface area contributed by atoms with E-state index in [2.05, 4.69) is 57.0 Å². The number of nitrogens with zero attached hydrogens (tertiary/aromatic N) is 2. The highest BCUT2D eigenvalue weighted by molar-refractivity contribution is 7.54. The van der Waals surface area contributed by atoms with Crippen molar-refractivity contribution in [2.45, 2.75) is 118 Å². The summed E-state index contributed by atoms with van der Waals surface area (Å²) in [5.41, 5.74) is 2.54. The van der Waals surface area contributed by atoms with Crippen molar-refractivity contribution in [1.82, 2.24) is 9.34 Å². The molecule has 0 radical (unpaired) electrons. The van der Waals surface area contributed by atoms with E-state index in [9.17, 15) is 4.57 Å². The van der Waals surface area contributed by atoms with Gasteiger partial charge in [-0.1, -0.05) is 66.0 Å². The fraction of sp³-hybridized carbons (Fsp3) is 0.939. The lowest BCUT2D eigenvalue weighted by molar-refractivity contribution is -0.0564. The Kier molecular flexibility index (Phi) is 7.58. The lowest BCUT2D eigenvalue weighted by Crippen LogP contribution is -2.51. The molecule has 0 N–H and O–H groups in total. The first kappa shape index (κ1) is 28.0. The predicted molar refractivity (Wildman–Crippen MR) is 158 cm³/mol. The zero-order valence-electron chi connectivity index (χ0n) is 25.5. The number of rotatable bonds is 10. The summed E-state index contributed by atoms with van der Waals surface area (Å²) in [6.45, 7) is 18.9. The van der Waals surface area contributed by atoms with E-state index in [0.29, 0.717) is 10.8 Å². The fourth-order valence-electron chi connectivity index (χ4n) is 10.5. The van der Waals surface area contributed by atoms with Crippen LogP contribution < -0.4 is 0 Å². The van der Waals surface area contributed by atoms with Gasteiger partial charge in [0.05, 0.1) is 6.10 Å². The van der Waals surface area contributed by atoms with Gasteiger partial charge in [0.25, 0.3) is 0 Å². The molecule has 0 aromatic rings. The molecule has 0 amide bonds. The molecule has 0 bridgehead atoms. The Morgan fingerprint density at radius 3 is 2.32 bits per heavy atom. The molecule has 9 atom stereocenters. The van der Waals surface area contributed by atoms with Crippen LogP contribution in [-0.2, 0) is 9.09 Å². The molecule has 4 aliphatic carbocycles. The molecule has 5 heteroatoms. The predicted octanol–water partition coefficient (Wildman–Crippen LogP) is 8.79. The molecule has 0 aromatic carbocycles.